The molecule has 21 heavy (non-hydrogen) atoms. The number of hydrogen-bond acceptors (Lipinski definition) is 4. The number of nitrogens with zero attached hydrogens (tertiary/aromatic N) is 1. The van der Waals surface area contributed by atoms with Crippen molar-refractivity contribution in [2.75, 3.05) is 27.2 Å². The Labute approximate surface area is 130 Å². The minimum absolute atomic E-state index is 0.138. The fourth-order valence-electron chi connectivity index (χ4n) is 3.29. The summed E-state index contributed by atoms with van der Waals surface area (Å²) in [6.07, 6.45) is 7.20. The van der Waals surface area contributed by atoms with E-state index in [1.165, 1.54) is 25.7 Å². The second kappa shape index (κ2) is 8.74. The van der Waals surface area contributed by atoms with Crippen LogP contribution >= 0.6 is 0 Å². The fraction of sp³-hybridized carbons (Fsp3) is 0.941. The lowest BCUT2D eigenvalue weighted by molar-refractivity contribution is -0.150. The Hall–Kier alpha value is -0.610. The van der Waals surface area contributed by atoms with Gasteiger partial charge in [-0.3, -0.25) is 4.79 Å². The van der Waals surface area contributed by atoms with Crippen LogP contribution in [0, 0.1) is 5.92 Å². The van der Waals surface area contributed by atoms with Gasteiger partial charge in [-0.1, -0.05) is 19.8 Å². The smallest absolute Gasteiger partial charge is 0.326 e. The molecule has 1 aliphatic carbocycles. The molecule has 0 saturated heterocycles. The lowest BCUT2D eigenvalue weighted by Crippen LogP contribution is -2.49. The zero-order chi connectivity index (χ0) is 15.9. The summed E-state index contributed by atoms with van der Waals surface area (Å²) in [5, 5.41) is 3.13. The molecule has 4 heteroatoms. The second-order valence-electron chi connectivity index (χ2n) is 6.81. The van der Waals surface area contributed by atoms with Crippen molar-refractivity contribution in [2.24, 2.45) is 5.92 Å². The molecule has 1 aliphatic rings. The predicted molar refractivity (Wildman–Crippen MR) is 87.4 cm³/mol. The first-order valence-electron chi connectivity index (χ1n) is 8.49. The minimum atomic E-state index is -0.559. The Morgan fingerprint density at radius 2 is 2.14 bits per heavy atom. The largest absolute Gasteiger partial charge is 0.465 e. The maximum Gasteiger partial charge on any atom is 0.326 e. The molecule has 1 saturated carbocycles. The monoisotopic (exact) mass is 298 g/mol. The molecule has 0 radical (unpaired) electrons. The molecule has 0 amide bonds. The van der Waals surface area contributed by atoms with E-state index in [-0.39, 0.29) is 5.97 Å². The molecule has 4 nitrogen and oxygen atoms in total. The van der Waals surface area contributed by atoms with Gasteiger partial charge in [0.2, 0.25) is 0 Å². The summed E-state index contributed by atoms with van der Waals surface area (Å²) in [6, 6.07) is 0.720. The van der Waals surface area contributed by atoms with Gasteiger partial charge in [0, 0.05) is 6.04 Å². The van der Waals surface area contributed by atoms with E-state index >= 15 is 0 Å². The van der Waals surface area contributed by atoms with Crippen molar-refractivity contribution in [3.63, 3.8) is 0 Å². The van der Waals surface area contributed by atoms with Gasteiger partial charge < -0.3 is 15.0 Å². The Morgan fingerprint density at radius 1 is 1.43 bits per heavy atom. The van der Waals surface area contributed by atoms with E-state index in [4.69, 9.17) is 4.74 Å². The third-order valence-electron chi connectivity index (χ3n) is 5.00. The van der Waals surface area contributed by atoms with Crippen LogP contribution in [0.25, 0.3) is 0 Å². The number of esters is 1. The average molecular weight is 298 g/mol. The van der Waals surface area contributed by atoms with Crippen molar-refractivity contribution < 1.29 is 9.53 Å². The molecule has 1 N–H and O–H groups in total. The first-order valence-corrected chi connectivity index (χ1v) is 8.49. The van der Waals surface area contributed by atoms with Crippen LogP contribution in [-0.4, -0.2) is 49.7 Å². The van der Waals surface area contributed by atoms with Crippen molar-refractivity contribution in [2.45, 2.75) is 70.9 Å². The van der Waals surface area contributed by atoms with Crippen molar-refractivity contribution in [1.82, 2.24) is 10.2 Å². The second-order valence-corrected chi connectivity index (χ2v) is 6.81. The topological polar surface area (TPSA) is 41.6 Å². The number of nitrogens with one attached hydrogen (secondary N) is 1. The Morgan fingerprint density at radius 3 is 2.71 bits per heavy atom. The molecule has 3 atom stereocenters. The van der Waals surface area contributed by atoms with Gasteiger partial charge >= 0.3 is 5.97 Å². The first kappa shape index (κ1) is 18.4. The van der Waals surface area contributed by atoms with E-state index in [0.29, 0.717) is 6.61 Å². The summed E-state index contributed by atoms with van der Waals surface area (Å²) in [7, 11) is 4.06. The molecule has 0 spiro atoms. The SMILES string of the molecule is CCOC(=O)C(C)(CCCN(C)C1CCCC(C)C1)NC. The van der Waals surface area contributed by atoms with Gasteiger partial charge in [0.05, 0.1) is 6.61 Å². The molecule has 0 aromatic carbocycles. The number of hydrogen-bond donors (Lipinski definition) is 1. The van der Waals surface area contributed by atoms with E-state index in [1.807, 2.05) is 20.9 Å². The number of rotatable bonds is 8. The average Bonchev–Trinajstić information content (AvgIpc) is 2.47. The highest BCUT2D eigenvalue weighted by atomic mass is 16.5. The molecule has 1 fully saturated rings. The van der Waals surface area contributed by atoms with Crippen molar-refractivity contribution in [3.8, 4) is 0 Å². The molecule has 1 rings (SSSR count). The molecule has 0 heterocycles. The lowest BCUT2D eigenvalue weighted by atomic mass is 9.86. The maximum atomic E-state index is 12.0. The Kier molecular flexibility index (Phi) is 7.67. The predicted octanol–water partition coefficient (Wildman–Crippen LogP) is 2.82. The molecule has 0 bridgehead atoms. The quantitative estimate of drug-likeness (QED) is 0.700. The highest BCUT2D eigenvalue weighted by Gasteiger charge is 2.32. The summed E-state index contributed by atoms with van der Waals surface area (Å²) in [4.78, 5) is 14.5. The van der Waals surface area contributed by atoms with Crippen molar-refractivity contribution in [3.05, 3.63) is 0 Å². The Bertz CT molecular complexity index is 322. The normalized spacial score (nSPS) is 25.6. The van der Waals surface area contributed by atoms with E-state index < -0.39 is 5.54 Å². The van der Waals surface area contributed by atoms with Gasteiger partial charge in [-0.15, -0.1) is 0 Å². The van der Waals surface area contributed by atoms with Crippen LogP contribution in [-0.2, 0) is 9.53 Å². The number of ether oxygens (including phenoxy) is 1. The van der Waals surface area contributed by atoms with Gasteiger partial charge in [0.1, 0.15) is 5.54 Å². The first-order chi connectivity index (χ1) is 9.92. The standard InChI is InChI=1S/C17H34N2O2/c1-6-21-16(20)17(3,18-4)11-8-12-19(5)15-10-7-9-14(2)13-15/h14-15,18H,6-13H2,1-5H3. The van der Waals surface area contributed by atoms with Crippen LogP contribution in [0.1, 0.15) is 59.3 Å². The third kappa shape index (κ3) is 5.59. The molecule has 0 aromatic heterocycles. The number of likely N-dealkylation sites (N-methyl/N-ethyl adjacent to an activating group) is 1. The van der Waals surface area contributed by atoms with Gasteiger partial charge in [0.15, 0.2) is 0 Å². The summed E-state index contributed by atoms with van der Waals surface area (Å²) < 4.78 is 5.17. The number of carbonyl (C=O) groups excluding carboxylic acids is 1. The molecule has 3 unspecified atom stereocenters. The van der Waals surface area contributed by atoms with Gasteiger partial charge in [-0.25, -0.2) is 0 Å². The summed E-state index contributed by atoms with van der Waals surface area (Å²) in [5.41, 5.74) is -0.559. The molecule has 0 aliphatic heterocycles. The summed E-state index contributed by atoms with van der Waals surface area (Å²) >= 11 is 0. The summed E-state index contributed by atoms with van der Waals surface area (Å²) in [6.45, 7) is 7.64. The third-order valence-corrected chi connectivity index (χ3v) is 5.00. The van der Waals surface area contributed by atoms with Crippen LogP contribution in [0.4, 0.5) is 0 Å². The van der Waals surface area contributed by atoms with Crippen LogP contribution < -0.4 is 5.32 Å². The molecule has 0 aromatic rings. The fourth-order valence-corrected chi connectivity index (χ4v) is 3.29. The van der Waals surface area contributed by atoms with Crippen molar-refractivity contribution in [1.29, 1.82) is 0 Å². The van der Waals surface area contributed by atoms with Crippen LogP contribution in [0.3, 0.4) is 0 Å². The van der Waals surface area contributed by atoms with E-state index in [2.05, 4.69) is 24.2 Å². The maximum absolute atomic E-state index is 12.0. The highest BCUT2D eigenvalue weighted by molar-refractivity contribution is 5.80. The molecule has 124 valence electrons. The van der Waals surface area contributed by atoms with Gasteiger partial charge in [-0.05, 0) is 66.1 Å². The molecular formula is C17H34N2O2. The van der Waals surface area contributed by atoms with E-state index in [0.717, 1.165) is 31.3 Å². The summed E-state index contributed by atoms with van der Waals surface area (Å²) in [5.74, 6) is 0.717. The zero-order valence-electron chi connectivity index (χ0n) is 14.6. The van der Waals surface area contributed by atoms with Gasteiger partial charge in [-0.2, -0.15) is 0 Å². The van der Waals surface area contributed by atoms with E-state index in [1.54, 1.807) is 0 Å². The Balaban J connectivity index is 2.38. The minimum Gasteiger partial charge on any atom is -0.465 e. The van der Waals surface area contributed by atoms with Crippen LogP contribution in [0.2, 0.25) is 0 Å². The van der Waals surface area contributed by atoms with Gasteiger partial charge in [0.25, 0.3) is 0 Å². The van der Waals surface area contributed by atoms with Crippen LogP contribution in [0.5, 0.6) is 0 Å². The zero-order valence-corrected chi connectivity index (χ0v) is 14.6. The van der Waals surface area contributed by atoms with Crippen LogP contribution in [0.15, 0.2) is 0 Å². The molecular weight excluding hydrogens is 264 g/mol. The van der Waals surface area contributed by atoms with E-state index in [9.17, 15) is 4.79 Å². The van der Waals surface area contributed by atoms with Crippen molar-refractivity contribution >= 4 is 5.97 Å². The lowest BCUT2D eigenvalue weighted by Gasteiger charge is -2.35. The highest BCUT2D eigenvalue weighted by Crippen LogP contribution is 2.27. The number of carbonyl (C=O) groups is 1.